The van der Waals surface area contributed by atoms with Crippen LogP contribution in [-0.2, 0) is 32.2 Å². The van der Waals surface area contributed by atoms with Crippen LogP contribution in [0.1, 0.15) is 18.1 Å². The van der Waals surface area contributed by atoms with Gasteiger partial charge in [-0.1, -0.05) is 30.4 Å². The van der Waals surface area contributed by atoms with Gasteiger partial charge in [0.1, 0.15) is 69.5 Å². The zero-order valence-corrected chi connectivity index (χ0v) is 25.6. The molecule has 48 heavy (non-hydrogen) atoms. The highest BCUT2D eigenvalue weighted by atomic mass is 19.1. The maximum atomic E-state index is 15.8. The van der Waals surface area contributed by atoms with Crippen LogP contribution in [0.15, 0.2) is 53.8 Å². The first-order valence-electron chi connectivity index (χ1n) is 14.0. The first-order chi connectivity index (χ1) is 21.8. The van der Waals surface area contributed by atoms with Crippen molar-refractivity contribution < 1.29 is 43.9 Å². The molecule has 3 amide bonds. The van der Waals surface area contributed by atoms with Gasteiger partial charge in [-0.15, -0.1) is 0 Å². The van der Waals surface area contributed by atoms with E-state index >= 15 is 4.39 Å². The Balaban J connectivity index is 1.63. The lowest BCUT2D eigenvalue weighted by Gasteiger charge is -2.66. The number of allylic oxidation sites excluding steroid dienone is 3. The molecule has 3 aliphatic heterocycles. The number of rotatable bonds is 6. The average molecular weight is 635 g/mol. The van der Waals surface area contributed by atoms with Crippen molar-refractivity contribution in [2.45, 2.75) is 58.5 Å². The number of ether oxygens (including phenoxy) is 1. The third kappa shape index (κ3) is 5.77. The summed E-state index contributed by atoms with van der Waals surface area (Å²) in [5.74, 6) is -4.77. The molecule has 0 bridgehead atoms. The number of hydrogen-bond acceptors (Lipinski definition) is 10. The fourth-order valence-corrected chi connectivity index (χ4v) is 5.23. The van der Waals surface area contributed by atoms with Crippen LogP contribution in [0, 0.1) is 5.82 Å². The van der Waals surface area contributed by atoms with Gasteiger partial charge in [-0.3, -0.25) is 24.6 Å². The molecular weight excluding hydrogens is 613 g/mol. The van der Waals surface area contributed by atoms with Gasteiger partial charge in [-0.05, 0) is 24.4 Å². The summed E-state index contributed by atoms with van der Waals surface area (Å²) < 4.78 is 20.7. The van der Waals surface area contributed by atoms with Crippen LogP contribution in [0.25, 0.3) is 0 Å². The minimum Gasteiger partial charge on any atom is -0.395 e. The van der Waals surface area contributed by atoms with Gasteiger partial charge >= 0.3 is 0 Å². The number of carbonyl (C=O) groups is 3. The van der Waals surface area contributed by atoms with Crippen LogP contribution in [-0.4, -0.2) is 164 Å². The number of aliphatic hydroxyl groups is 4. The highest BCUT2D eigenvalue weighted by Crippen LogP contribution is 2.41. The van der Waals surface area contributed by atoms with Crippen molar-refractivity contribution in [2.75, 3.05) is 6.54 Å². The Bertz CT molecular complexity index is 1610. The maximum Gasteiger partial charge on any atom is 0.250 e. The van der Waals surface area contributed by atoms with Crippen molar-refractivity contribution in [2.24, 2.45) is 0 Å². The Labute approximate surface area is 288 Å². The van der Waals surface area contributed by atoms with Gasteiger partial charge in [-0.25, -0.2) is 4.39 Å². The number of halogens is 1. The summed E-state index contributed by atoms with van der Waals surface area (Å²) in [5.41, 5.74) is -15.4. The summed E-state index contributed by atoms with van der Waals surface area (Å²) in [4.78, 5) is 39.7. The average Bonchev–Trinajstić information content (AvgIpc) is 3.02. The Kier molecular flexibility index (Phi) is 9.62. The zero-order chi connectivity index (χ0) is 36.5. The molecule has 5 atom stereocenters. The number of hydrogen-bond donors (Lipinski definition) is 6. The normalized spacial score (nSPS) is 36.5. The quantitative estimate of drug-likeness (QED) is 0.131. The number of piperidine rings is 1. The van der Waals surface area contributed by atoms with Crippen molar-refractivity contribution in [1.29, 1.82) is 0 Å². The third-order valence-corrected chi connectivity index (χ3v) is 8.51. The summed E-state index contributed by atoms with van der Waals surface area (Å²) in [6, 6.07) is 4.11. The van der Waals surface area contributed by atoms with E-state index in [1.807, 2.05) is 0 Å². The molecule has 0 saturated carbocycles. The van der Waals surface area contributed by atoms with E-state index in [1.54, 1.807) is 5.32 Å². The molecule has 4 rings (SSSR count). The van der Waals surface area contributed by atoms with Crippen LogP contribution < -0.4 is 10.6 Å². The smallest absolute Gasteiger partial charge is 0.250 e. The molecule has 0 aromatic heterocycles. The highest BCUT2D eigenvalue weighted by molar-refractivity contribution is 6.49. The van der Waals surface area contributed by atoms with Gasteiger partial charge in [-0.2, -0.15) is 0 Å². The van der Waals surface area contributed by atoms with Crippen LogP contribution >= 0.6 is 0 Å². The second-order valence-electron chi connectivity index (χ2n) is 11.8. The largest absolute Gasteiger partial charge is 0.395 e. The van der Waals surface area contributed by atoms with Gasteiger partial charge in [0.15, 0.2) is 7.85 Å². The minimum absolute atomic E-state index is 0.00672. The van der Waals surface area contributed by atoms with Crippen LogP contribution in [0.4, 0.5) is 4.39 Å². The number of carbonyl (C=O) groups excluding carboxylic acids is 3. The molecule has 3 heterocycles. The molecule has 1 aromatic carbocycles. The van der Waals surface area contributed by atoms with E-state index in [-0.39, 0.29) is 28.9 Å². The molecule has 228 valence electrons. The van der Waals surface area contributed by atoms with E-state index in [1.165, 1.54) is 49.4 Å². The highest BCUT2D eigenvalue weighted by Gasteiger charge is 2.67. The van der Waals surface area contributed by atoms with E-state index < -0.39 is 75.1 Å². The van der Waals surface area contributed by atoms with Crippen molar-refractivity contribution in [3.05, 3.63) is 70.7 Å². The standard InChI is InChI=1S/C26H22B9FN4O8/c1-12-4-2-7-15(8-9-39(17(12)41)20(27)18(42)38-19(43)21(28,44)22(20,29)45)37-10-13-5-3-6-14(16(13)36)11-40-23(30,31)26(35,47)48-24(32,33)25(40,34)46/h2-8,37,44-47H,9-11H2,1H3,(H,38,42,43)/b7-2?,12-4+,15-8?. The Morgan fingerprint density at radius 2 is 1.56 bits per heavy atom. The first-order valence-corrected chi connectivity index (χ1v) is 14.0. The minimum atomic E-state index is -3.38. The summed E-state index contributed by atoms with van der Waals surface area (Å²) in [7, 11) is 52.4. The Morgan fingerprint density at radius 1 is 0.958 bits per heavy atom. The SMILES string of the molecule is [B]C1([B])OC([B])(O)C([B])([B])N(Cc2cccc(CNC3=CCN(C4([B])C(=O)NC(=O)C([B])(O)C4([B])O)C(=O)/C(C)=C/C=C3)c2F)C1([B])O. The topological polar surface area (TPSA) is 172 Å². The van der Waals surface area contributed by atoms with Gasteiger partial charge in [0, 0.05) is 47.4 Å². The molecule has 18 radical (unpaired) electrons. The van der Waals surface area contributed by atoms with E-state index in [0.29, 0.717) is 9.80 Å². The van der Waals surface area contributed by atoms with Crippen molar-refractivity contribution in [3.63, 3.8) is 0 Å². The lowest BCUT2D eigenvalue weighted by atomic mass is 9.42. The number of amides is 3. The summed E-state index contributed by atoms with van der Waals surface area (Å²) >= 11 is 0. The van der Waals surface area contributed by atoms with Gasteiger partial charge in [0.05, 0.1) is 26.8 Å². The molecular formula is C26H22B9FN4O8. The second kappa shape index (κ2) is 12.2. The molecule has 0 aliphatic carbocycles. The summed E-state index contributed by atoms with van der Waals surface area (Å²) in [6.07, 6.45) is 5.56. The van der Waals surface area contributed by atoms with E-state index in [2.05, 4.69) is 5.32 Å². The van der Waals surface area contributed by atoms with Crippen LogP contribution in [0.2, 0.25) is 0 Å². The molecule has 1 aromatic rings. The number of nitrogens with one attached hydrogen (secondary N) is 2. The predicted octanol–water partition coefficient (Wildman–Crippen LogP) is -6.18. The maximum absolute atomic E-state index is 15.8. The van der Waals surface area contributed by atoms with Gasteiger partial charge in [0.2, 0.25) is 11.8 Å². The Morgan fingerprint density at radius 3 is 2.19 bits per heavy atom. The first kappa shape index (κ1) is 37.9. The third-order valence-electron chi connectivity index (χ3n) is 8.51. The molecule has 0 spiro atoms. The monoisotopic (exact) mass is 636 g/mol. The molecule has 12 nitrogen and oxygen atoms in total. The lowest BCUT2D eigenvalue weighted by Crippen LogP contribution is -2.87. The molecule has 2 fully saturated rings. The molecule has 2 saturated heterocycles. The number of benzene rings is 1. The Hall–Kier alpha value is -2.88. The fourth-order valence-electron chi connectivity index (χ4n) is 5.23. The fraction of sp³-hybridized carbons (Fsp3) is 0.423. The molecule has 3 aliphatic rings. The number of imide groups is 1. The molecule has 22 heteroatoms. The number of nitrogens with zero attached hydrogens (tertiary/aromatic N) is 2. The zero-order valence-electron chi connectivity index (χ0n) is 25.6. The summed E-state index contributed by atoms with van der Waals surface area (Å²) in [6.45, 7) is -0.127. The predicted molar refractivity (Wildman–Crippen MR) is 175 cm³/mol. The van der Waals surface area contributed by atoms with Gasteiger partial charge in [0.25, 0.3) is 5.91 Å². The van der Waals surface area contributed by atoms with E-state index in [0.717, 1.165) is 0 Å². The second-order valence-corrected chi connectivity index (χ2v) is 11.8. The van der Waals surface area contributed by atoms with E-state index in [9.17, 15) is 34.8 Å². The number of morpholine rings is 1. The van der Waals surface area contributed by atoms with E-state index in [4.69, 9.17) is 75.4 Å². The molecule has 6 N–H and O–H groups in total. The lowest BCUT2D eigenvalue weighted by molar-refractivity contribution is -0.303. The van der Waals surface area contributed by atoms with Crippen LogP contribution in [0.5, 0.6) is 0 Å². The van der Waals surface area contributed by atoms with Crippen molar-refractivity contribution >= 4 is 88.3 Å². The van der Waals surface area contributed by atoms with Gasteiger partial charge < -0.3 is 35.4 Å². The van der Waals surface area contributed by atoms with Crippen LogP contribution in [0.3, 0.4) is 0 Å². The van der Waals surface area contributed by atoms with Crippen molar-refractivity contribution in [3.8, 4) is 0 Å². The van der Waals surface area contributed by atoms with Crippen molar-refractivity contribution in [1.82, 2.24) is 20.4 Å². The summed E-state index contributed by atoms with van der Waals surface area (Å²) in [5, 5.41) is 42.0. The molecule has 5 unspecified atom stereocenters.